The highest BCUT2D eigenvalue weighted by molar-refractivity contribution is 9.10. The van der Waals surface area contributed by atoms with E-state index in [1.807, 2.05) is 0 Å². The number of rotatable bonds is 2. The van der Waals surface area contributed by atoms with E-state index in [1.54, 1.807) is 6.20 Å². The van der Waals surface area contributed by atoms with E-state index in [4.69, 9.17) is 4.74 Å². The summed E-state index contributed by atoms with van der Waals surface area (Å²) in [5, 5.41) is 9.49. The molecule has 116 valence electrons. The number of piperidine rings is 1. The number of hydrogen-bond donors (Lipinski definition) is 1. The maximum Gasteiger partial charge on any atom is 0.152 e. The number of aliphatic hydroxyl groups excluding tert-OH is 1. The Bertz CT molecular complexity index is 518. The topological polar surface area (TPSA) is 58.5 Å². The van der Waals surface area contributed by atoms with Crippen LogP contribution in [0.2, 0.25) is 0 Å². The van der Waals surface area contributed by atoms with E-state index in [-0.39, 0.29) is 6.61 Å². The molecule has 2 atom stereocenters. The zero-order valence-electron chi connectivity index (χ0n) is 12.5. The monoisotopic (exact) mass is 355 g/mol. The van der Waals surface area contributed by atoms with Gasteiger partial charge in [0.25, 0.3) is 0 Å². The predicted octanol–water partition coefficient (Wildman–Crippen LogP) is 2.37. The van der Waals surface area contributed by atoms with E-state index >= 15 is 0 Å². The molecule has 0 aromatic carbocycles. The van der Waals surface area contributed by atoms with Gasteiger partial charge in [0, 0.05) is 18.5 Å². The van der Waals surface area contributed by atoms with Gasteiger partial charge in [0.05, 0.1) is 25.5 Å². The van der Waals surface area contributed by atoms with E-state index < -0.39 is 0 Å². The van der Waals surface area contributed by atoms with Crippen molar-refractivity contribution in [3.05, 3.63) is 16.5 Å². The third-order valence-corrected chi connectivity index (χ3v) is 5.69. The standard InChI is InChI=1S/C15H22BrN3O2/c1-10-11(2)21-9-15(10)3-5-19(6-4-15)14-12(8-20)18-13(16)7-17-14/h7,10-11,20H,3-6,8-9H2,1-2H3/t10-,11+/m1/s1. The molecule has 0 saturated carbocycles. The summed E-state index contributed by atoms with van der Waals surface area (Å²) in [5.41, 5.74) is 0.961. The highest BCUT2D eigenvalue weighted by Crippen LogP contribution is 2.46. The number of ether oxygens (including phenoxy) is 1. The molecule has 0 bridgehead atoms. The Hall–Kier alpha value is -0.720. The van der Waals surface area contributed by atoms with Gasteiger partial charge in [-0.3, -0.25) is 0 Å². The average Bonchev–Trinajstić information content (AvgIpc) is 2.77. The molecule has 1 aromatic heterocycles. The summed E-state index contributed by atoms with van der Waals surface area (Å²) in [7, 11) is 0. The summed E-state index contributed by atoms with van der Waals surface area (Å²) in [5.74, 6) is 1.42. The van der Waals surface area contributed by atoms with Gasteiger partial charge in [-0.25, -0.2) is 9.97 Å². The van der Waals surface area contributed by atoms with Crippen LogP contribution in [-0.4, -0.2) is 40.9 Å². The molecule has 1 spiro atoms. The van der Waals surface area contributed by atoms with Crippen molar-refractivity contribution >= 4 is 21.7 Å². The summed E-state index contributed by atoms with van der Waals surface area (Å²) >= 11 is 3.30. The summed E-state index contributed by atoms with van der Waals surface area (Å²) in [6.07, 6.45) is 4.28. The average molecular weight is 356 g/mol. The zero-order chi connectivity index (χ0) is 15.0. The van der Waals surface area contributed by atoms with Crippen molar-refractivity contribution in [2.24, 2.45) is 11.3 Å². The Balaban J connectivity index is 1.74. The fraction of sp³-hybridized carbons (Fsp3) is 0.733. The van der Waals surface area contributed by atoms with Crippen molar-refractivity contribution in [3.63, 3.8) is 0 Å². The highest BCUT2D eigenvalue weighted by atomic mass is 79.9. The molecule has 2 aliphatic rings. The van der Waals surface area contributed by atoms with Crippen LogP contribution in [0.15, 0.2) is 10.8 Å². The third-order valence-electron chi connectivity index (χ3n) is 5.31. The molecule has 2 saturated heterocycles. The summed E-state index contributed by atoms with van der Waals surface area (Å²) in [4.78, 5) is 11.0. The number of nitrogens with zero attached hydrogens (tertiary/aromatic N) is 3. The zero-order valence-corrected chi connectivity index (χ0v) is 14.1. The van der Waals surface area contributed by atoms with Crippen LogP contribution in [0.25, 0.3) is 0 Å². The Morgan fingerprint density at radius 3 is 2.71 bits per heavy atom. The van der Waals surface area contributed by atoms with Crippen LogP contribution in [0.5, 0.6) is 0 Å². The second-order valence-corrected chi connectivity index (χ2v) is 7.09. The van der Waals surface area contributed by atoms with Crippen LogP contribution in [-0.2, 0) is 11.3 Å². The molecule has 6 heteroatoms. The highest BCUT2D eigenvalue weighted by Gasteiger charge is 2.47. The van der Waals surface area contributed by atoms with Gasteiger partial charge in [-0.1, -0.05) is 6.92 Å². The van der Waals surface area contributed by atoms with Gasteiger partial charge < -0.3 is 14.7 Å². The minimum Gasteiger partial charge on any atom is -0.390 e. The maximum absolute atomic E-state index is 9.49. The molecule has 1 aromatic rings. The molecular weight excluding hydrogens is 334 g/mol. The first kappa shape index (κ1) is 15.2. The van der Waals surface area contributed by atoms with Crippen molar-refractivity contribution in [1.82, 2.24) is 9.97 Å². The quantitative estimate of drug-likeness (QED) is 0.882. The van der Waals surface area contributed by atoms with Crippen molar-refractivity contribution in [2.75, 3.05) is 24.6 Å². The lowest BCUT2D eigenvalue weighted by atomic mass is 9.70. The van der Waals surface area contributed by atoms with Crippen LogP contribution >= 0.6 is 15.9 Å². The van der Waals surface area contributed by atoms with Crippen LogP contribution in [0.3, 0.4) is 0 Å². The Labute approximate surface area is 133 Å². The summed E-state index contributed by atoms with van der Waals surface area (Å²) < 4.78 is 6.53. The lowest BCUT2D eigenvalue weighted by Gasteiger charge is -2.42. The first-order valence-corrected chi connectivity index (χ1v) is 8.34. The van der Waals surface area contributed by atoms with Gasteiger partial charge in [-0.05, 0) is 41.6 Å². The normalized spacial score (nSPS) is 28.3. The van der Waals surface area contributed by atoms with Gasteiger partial charge in [0.2, 0.25) is 0 Å². The minimum atomic E-state index is -0.0834. The maximum atomic E-state index is 9.49. The number of hydrogen-bond acceptors (Lipinski definition) is 5. The largest absolute Gasteiger partial charge is 0.390 e. The molecule has 1 N–H and O–H groups in total. The van der Waals surface area contributed by atoms with Crippen molar-refractivity contribution < 1.29 is 9.84 Å². The minimum absolute atomic E-state index is 0.0834. The lowest BCUT2D eigenvalue weighted by molar-refractivity contribution is 0.0969. The Morgan fingerprint density at radius 1 is 1.43 bits per heavy atom. The van der Waals surface area contributed by atoms with E-state index in [1.165, 1.54) is 0 Å². The Kier molecular flexibility index (Phi) is 4.21. The molecule has 0 unspecified atom stereocenters. The molecule has 5 nitrogen and oxygen atoms in total. The molecule has 3 rings (SSSR count). The molecule has 21 heavy (non-hydrogen) atoms. The smallest absolute Gasteiger partial charge is 0.152 e. The number of aliphatic hydroxyl groups is 1. The SMILES string of the molecule is C[C@@H]1OCC2(CCN(c3ncc(Br)nc3CO)CC2)[C@@H]1C. The molecular formula is C15H22BrN3O2. The number of aromatic nitrogens is 2. The molecule has 0 amide bonds. The van der Waals surface area contributed by atoms with E-state index in [2.05, 4.69) is 44.6 Å². The van der Waals surface area contributed by atoms with E-state index in [0.29, 0.717) is 27.7 Å². The number of anilines is 1. The fourth-order valence-corrected chi connectivity index (χ4v) is 3.92. The van der Waals surface area contributed by atoms with Crippen LogP contribution < -0.4 is 4.90 Å². The first-order valence-electron chi connectivity index (χ1n) is 7.54. The predicted molar refractivity (Wildman–Crippen MR) is 84.1 cm³/mol. The second-order valence-electron chi connectivity index (χ2n) is 6.28. The van der Waals surface area contributed by atoms with Gasteiger partial charge in [-0.2, -0.15) is 0 Å². The Morgan fingerprint density at radius 2 is 2.14 bits per heavy atom. The summed E-state index contributed by atoms with van der Waals surface area (Å²) in [6, 6.07) is 0. The van der Waals surface area contributed by atoms with Gasteiger partial charge >= 0.3 is 0 Å². The van der Waals surface area contributed by atoms with Gasteiger partial charge in [0.15, 0.2) is 5.82 Å². The van der Waals surface area contributed by atoms with Gasteiger partial charge in [0.1, 0.15) is 10.3 Å². The molecule has 0 aliphatic carbocycles. The molecule has 2 aliphatic heterocycles. The summed E-state index contributed by atoms with van der Waals surface area (Å²) in [6.45, 7) is 7.18. The third kappa shape index (κ3) is 2.69. The van der Waals surface area contributed by atoms with Crippen molar-refractivity contribution in [3.8, 4) is 0 Å². The van der Waals surface area contributed by atoms with Gasteiger partial charge in [-0.15, -0.1) is 0 Å². The van der Waals surface area contributed by atoms with Crippen molar-refractivity contribution in [2.45, 2.75) is 39.4 Å². The molecule has 2 fully saturated rings. The molecule has 3 heterocycles. The van der Waals surface area contributed by atoms with E-state index in [0.717, 1.165) is 38.4 Å². The first-order chi connectivity index (χ1) is 10.1. The fourth-order valence-electron chi connectivity index (χ4n) is 3.60. The van der Waals surface area contributed by atoms with E-state index in [9.17, 15) is 5.11 Å². The second kappa shape index (κ2) is 5.82. The van der Waals surface area contributed by atoms with Crippen molar-refractivity contribution in [1.29, 1.82) is 0 Å². The van der Waals surface area contributed by atoms with Crippen LogP contribution in [0.4, 0.5) is 5.82 Å². The number of halogens is 1. The van der Waals surface area contributed by atoms with Crippen LogP contribution in [0, 0.1) is 11.3 Å². The lowest BCUT2D eigenvalue weighted by Crippen LogP contribution is -2.44. The molecule has 0 radical (unpaired) electrons. The van der Waals surface area contributed by atoms with Crippen LogP contribution in [0.1, 0.15) is 32.4 Å².